The van der Waals surface area contributed by atoms with E-state index in [9.17, 15) is 4.79 Å². The molecule has 1 aliphatic rings. The van der Waals surface area contributed by atoms with Crippen LogP contribution in [0.3, 0.4) is 0 Å². The second-order valence-electron chi connectivity index (χ2n) is 5.19. The molecule has 1 aromatic rings. The average molecular weight is 219 g/mol. The number of nitrogens with one attached hydrogen (secondary N) is 1. The van der Waals surface area contributed by atoms with E-state index in [1.807, 2.05) is 12.1 Å². The highest BCUT2D eigenvalue weighted by Gasteiger charge is 2.31. The number of anilines is 1. The highest BCUT2D eigenvalue weighted by molar-refractivity contribution is 5.95. The molecule has 3 nitrogen and oxygen atoms in total. The Balaban J connectivity index is 2.57. The number of para-hydroxylation sites is 1. The van der Waals surface area contributed by atoms with Gasteiger partial charge in [-0.2, -0.15) is 0 Å². The highest BCUT2D eigenvalue weighted by Crippen LogP contribution is 2.40. The number of hydrogen-bond acceptors (Lipinski definition) is 2. The molecule has 0 bridgehead atoms. The fourth-order valence-electron chi connectivity index (χ4n) is 2.56. The number of carboxylic acids is 1. The van der Waals surface area contributed by atoms with Crippen molar-refractivity contribution in [3.8, 4) is 0 Å². The van der Waals surface area contributed by atoms with Gasteiger partial charge in [-0.25, -0.2) is 4.79 Å². The van der Waals surface area contributed by atoms with Crippen molar-refractivity contribution in [3.05, 3.63) is 29.3 Å². The quantitative estimate of drug-likeness (QED) is 0.763. The molecule has 1 heterocycles. The zero-order chi connectivity index (χ0) is 11.9. The molecule has 0 aliphatic carbocycles. The minimum absolute atomic E-state index is 0.0437. The van der Waals surface area contributed by atoms with Gasteiger partial charge in [0.05, 0.1) is 11.3 Å². The van der Waals surface area contributed by atoms with Crippen molar-refractivity contribution < 1.29 is 9.90 Å². The van der Waals surface area contributed by atoms with Gasteiger partial charge < -0.3 is 10.4 Å². The summed E-state index contributed by atoms with van der Waals surface area (Å²) in [6.07, 6.45) is 1.02. The van der Waals surface area contributed by atoms with Gasteiger partial charge in [0.2, 0.25) is 0 Å². The summed E-state index contributed by atoms with van der Waals surface area (Å²) in [6.45, 7) is 6.35. The number of aromatic carboxylic acids is 1. The maximum absolute atomic E-state index is 11.2. The standard InChI is InChI=1S/C13H17NO2/c1-8-7-13(2,3)14-11-9(8)5-4-6-10(11)12(15)16/h4-6,8,14H,7H2,1-3H3,(H,15,16)/t8-/m0/s1. The number of carbonyl (C=O) groups is 1. The van der Waals surface area contributed by atoms with Gasteiger partial charge in [-0.1, -0.05) is 19.1 Å². The molecule has 0 unspecified atom stereocenters. The monoisotopic (exact) mass is 219 g/mol. The number of rotatable bonds is 1. The summed E-state index contributed by atoms with van der Waals surface area (Å²) < 4.78 is 0. The van der Waals surface area contributed by atoms with Gasteiger partial charge in [0, 0.05) is 5.54 Å². The van der Waals surface area contributed by atoms with Crippen LogP contribution >= 0.6 is 0 Å². The van der Waals surface area contributed by atoms with Crippen LogP contribution in [0, 0.1) is 0 Å². The third kappa shape index (κ3) is 1.77. The fraction of sp³-hybridized carbons (Fsp3) is 0.462. The molecule has 0 radical (unpaired) electrons. The van der Waals surface area contributed by atoms with Gasteiger partial charge in [-0.15, -0.1) is 0 Å². The lowest BCUT2D eigenvalue weighted by atomic mass is 9.81. The van der Waals surface area contributed by atoms with Crippen LogP contribution in [0.1, 0.15) is 49.0 Å². The Labute approximate surface area is 95.5 Å². The lowest BCUT2D eigenvalue weighted by Gasteiger charge is -2.38. The molecule has 2 rings (SSSR count). The molecule has 0 spiro atoms. The zero-order valence-corrected chi connectivity index (χ0v) is 9.87. The molecule has 3 heteroatoms. The van der Waals surface area contributed by atoms with Crippen LogP contribution < -0.4 is 5.32 Å². The van der Waals surface area contributed by atoms with Crippen LogP contribution in [-0.4, -0.2) is 16.6 Å². The molecule has 1 aromatic carbocycles. The van der Waals surface area contributed by atoms with E-state index in [1.54, 1.807) is 6.07 Å². The minimum Gasteiger partial charge on any atom is -0.478 e. The molecule has 0 aromatic heterocycles. The van der Waals surface area contributed by atoms with Gasteiger partial charge in [0.25, 0.3) is 0 Å². The molecule has 0 amide bonds. The van der Waals surface area contributed by atoms with Crippen molar-refractivity contribution in [2.24, 2.45) is 0 Å². The van der Waals surface area contributed by atoms with Crippen LogP contribution in [0.25, 0.3) is 0 Å². The molecule has 86 valence electrons. The number of benzene rings is 1. The number of fused-ring (bicyclic) bond motifs is 1. The third-order valence-electron chi connectivity index (χ3n) is 3.14. The second-order valence-corrected chi connectivity index (χ2v) is 5.19. The van der Waals surface area contributed by atoms with Crippen molar-refractivity contribution in [1.29, 1.82) is 0 Å². The Morgan fingerprint density at radius 1 is 1.50 bits per heavy atom. The van der Waals surface area contributed by atoms with E-state index in [0.717, 1.165) is 17.7 Å². The highest BCUT2D eigenvalue weighted by atomic mass is 16.4. The zero-order valence-electron chi connectivity index (χ0n) is 9.87. The Hall–Kier alpha value is -1.51. The van der Waals surface area contributed by atoms with Crippen molar-refractivity contribution in [1.82, 2.24) is 0 Å². The van der Waals surface area contributed by atoms with E-state index in [2.05, 4.69) is 26.1 Å². The predicted octanol–water partition coefficient (Wildman–Crippen LogP) is 3.08. The lowest BCUT2D eigenvalue weighted by Crippen LogP contribution is -2.37. The molecule has 0 fully saturated rings. The normalized spacial score (nSPS) is 22.1. The molecule has 0 saturated carbocycles. The first kappa shape index (κ1) is 11.0. The van der Waals surface area contributed by atoms with Crippen LogP contribution in [0.4, 0.5) is 5.69 Å². The molecular weight excluding hydrogens is 202 g/mol. The SMILES string of the molecule is C[C@H]1CC(C)(C)Nc2c(C(=O)O)cccc21. The van der Waals surface area contributed by atoms with Crippen LogP contribution in [0.15, 0.2) is 18.2 Å². The van der Waals surface area contributed by atoms with Gasteiger partial charge in [0.1, 0.15) is 0 Å². The van der Waals surface area contributed by atoms with Crippen molar-refractivity contribution in [2.75, 3.05) is 5.32 Å². The van der Waals surface area contributed by atoms with Crippen molar-refractivity contribution in [3.63, 3.8) is 0 Å². The molecule has 16 heavy (non-hydrogen) atoms. The maximum atomic E-state index is 11.2. The van der Waals surface area contributed by atoms with Crippen molar-refractivity contribution in [2.45, 2.75) is 38.6 Å². The van der Waals surface area contributed by atoms with E-state index >= 15 is 0 Å². The van der Waals surface area contributed by atoms with E-state index in [1.165, 1.54) is 0 Å². The molecular formula is C13H17NO2. The van der Waals surface area contributed by atoms with E-state index in [-0.39, 0.29) is 5.54 Å². The molecule has 1 aliphatic heterocycles. The Morgan fingerprint density at radius 3 is 2.81 bits per heavy atom. The summed E-state index contributed by atoms with van der Waals surface area (Å²) in [5, 5.41) is 12.5. The predicted molar refractivity (Wildman–Crippen MR) is 64.1 cm³/mol. The summed E-state index contributed by atoms with van der Waals surface area (Å²) in [5.74, 6) is -0.472. The first-order chi connectivity index (χ1) is 7.41. The smallest absolute Gasteiger partial charge is 0.337 e. The summed E-state index contributed by atoms with van der Waals surface area (Å²) in [6, 6.07) is 5.48. The maximum Gasteiger partial charge on any atom is 0.337 e. The first-order valence-electron chi connectivity index (χ1n) is 5.55. The van der Waals surface area contributed by atoms with Crippen LogP contribution in [0.5, 0.6) is 0 Å². The summed E-state index contributed by atoms with van der Waals surface area (Å²) >= 11 is 0. The third-order valence-corrected chi connectivity index (χ3v) is 3.14. The summed E-state index contributed by atoms with van der Waals surface area (Å²) in [5.41, 5.74) is 2.23. The van der Waals surface area contributed by atoms with Crippen LogP contribution in [0.2, 0.25) is 0 Å². The Bertz CT molecular complexity index is 438. The van der Waals surface area contributed by atoms with E-state index in [4.69, 9.17) is 5.11 Å². The summed E-state index contributed by atoms with van der Waals surface area (Å²) in [4.78, 5) is 11.2. The van der Waals surface area contributed by atoms with Gasteiger partial charge >= 0.3 is 5.97 Å². The largest absolute Gasteiger partial charge is 0.478 e. The van der Waals surface area contributed by atoms with Gasteiger partial charge in [0.15, 0.2) is 0 Å². The topological polar surface area (TPSA) is 49.3 Å². The second kappa shape index (κ2) is 3.51. The van der Waals surface area contributed by atoms with E-state index < -0.39 is 5.97 Å². The van der Waals surface area contributed by atoms with Gasteiger partial charge in [-0.05, 0) is 37.8 Å². The Kier molecular flexibility index (Phi) is 2.41. The summed E-state index contributed by atoms with van der Waals surface area (Å²) in [7, 11) is 0. The molecule has 2 N–H and O–H groups in total. The van der Waals surface area contributed by atoms with E-state index in [0.29, 0.717) is 11.5 Å². The molecule has 0 saturated heterocycles. The van der Waals surface area contributed by atoms with Crippen molar-refractivity contribution >= 4 is 11.7 Å². The fourth-order valence-corrected chi connectivity index (χ4v) is 2.56. The van der Waals surface area contributed by atoms with Gasteiger partial charge in [-0.3, -0.25) is 0 Å². The lowest BCUT2D eigenvalue weighted by molar-refractivity contribution is 0.0697. The average Bonchev–Trinajstić information content (AvgIpc) is 2.14. The first-order valence-corrected chi connectivity index (χ1v) is 5.55. The Morgan fingerprint density at radius 2 is 2.19 bits per heavy atom. The number of carboxylic acid groups (broad SMARTS) is 1. The molecule has 1 atom stereocenters. The number of hydrogen-bond donors (Lipinski definition) is 2. The van der Waals surface area contributed by atoms with Crippen LogP contribution in [-0.2, 0) is 0 Å². The minimum atomic E-state index is -0.866.